The van der Waals surface area contributed by atoms with E-state index in [0.717, 1.165) is 25.1 Å². The first kappa shape index (κ1) is 15.5. The van der Waals surface area contributed by atoms with Gasteiger partial charge < -0.3 is 10.2 Å². The van der Waals surface area contributed by atoms with Gasteiger partial charge in [-0.05, 0) is 38.1 Å². The van der Waals surface area contributed by atoms with Gasteiger partial charge in [-0.15, -0.1) is 0 Å². The van der Waals surface area contributed by atoms with Crippen LogP contribution in [-0.4, -0.2) is 20.1 Å². The predicted molar refractivity (Wildman–Crippen MR) is 87.1 cm³/mol. The van der Waals surface area contributed by atoms with E-state index in [9.17, 15) is 4.39 Å². The number of nitrogens with zero attached hydrogens (tertiary/aromatic N) is 1. The maximum atomic E-state index is 13.7. The molecule has 2 aromatic rings. The van der Waals surface area contributed by atoms with Gasteiger partial charge in [0.1, 0.15) is 5.82 Å². The van der Waals surface area contributed by atoms with Crippen LogP contribution in [0.1, 0.15) is 24.9 Å². The Morgan fingerprint density at radius 3 is 2.43 bits per heavy atom. The number of anilines is 1. The Bertz CT molecular complexity index is 542. The standard InChI is InChI=1S/C18H23FN2/c1-15(17-11-6-7-12-18(17)19)20-13-8-14-21(2)16-9-4-3-5-10-16/h3-7,9-12,15,20H,8,13-14H2,1-2H3. The number of rotatable bonds is 7. The SMILES string of the molecule is CC(NCCCN(C)c1ccccc1)c1ccccc1F. The highest BCUT2D eigenvalue weighted by molar-refractivity contribution is 5.44. The molecule has 0 spiro atoms. The highest BCUT2D eigenvalue weighted by Gasteiger charge is 2.09. The summed E-state index contributed by atoms with van der Waals surface area (Å²) in [7, 11) is 2.09. The smallest absolute Gasteiger partial charge is 0.127 e. The second-order valence-electron chi connectivity index (χ2n) is 5.31. The van der Waals surface area contributed by atoms with Crippen LogP contribution in [0.25, 0.3) is 0 Å². The number of hydrogen-bond donors (Lipinski definition) is 1. The fraction of sp³-hybridized carbons (Fsp3) is 0.333. The molecule has 0 aliphatic rings. The molecule has 0 fully saturated rings. The van der Waals surface area contributed by atoms with Crippen molar-refractivity contribution in [3.8, 4) is 0 Å². The predicted octanol–water partition coefficient (Wildman–Crippen LogP) is 4.00. The van der Waals surface area contributed by atoms with Gasteiger partial charge >= 0.3 is 0 Å². The van der Waals surface area contributed by atoms with Crippen LogP contribution in [-0.2, 0) is 0 Å². The lowest BCUT2D eigenvalue weighted by Crippen LogP contribution is -2.25. The lowest BCUT2D eigenvalue weighted by molar-refractivity contribution is 0.521. The summed E-state index contributed by atoms with van der Waals surface area (Å²) in [6, 6.07) is 17.3. The van der Waals surface area contributed by atoms with E-state index in [2.05, 4.69) is 29.4 Å². The van der Waals surface area contributed by atoms with Gasteiger partial charge in [0.05, 0.1) is 0 Å². The van der Waals surface area contributed by atoms with Crippen molar-refractivity contribution in [2.24, 2.45) is 0 Å². The molecule has 0 saturated heterocycles. The molecular formula is C18H23FN2. The Morgan fingerprint density at radius 1 is 1.05 bits per heavy atom. The Kier molecular flexibility index (Phi) is 5.76. The van der Waals surface area contributed by atoms with E-state index in [1.54, 1.807) is 6.07 Å². The van der Waals surface area contributed by atoms with Crippen molar-refractivity contribution in [2.45, 2.75) is 19.4 Å². The third-order valence-electron chi connectivity index (χ3n) is 3.69. The van der Waals surface area contributed by atoms with Crippen molar-refractivity contribution in [1.82, 2.24) is 5.32 Å². The maximum Gasteiger partial charge on any atom is 0.127 e. The van der Waals surface area contributed by atoms with Crippen molar-refractivity contribution < 1.29 is 4.39 Å². The van der Waals surface area contributed by atoms with Gasteiger partial charge in [0.2, 0.25) is 0 Å². The second kappa shape index (κ2) is 7.79. The van der Waals surface area contributed by atoms with E-state index in [4.69, 9.17) is 0 Å². The molecule has 2 rings (SSSR count). The first-order valence-corrected chi connectivity index (χ1v) is 7.42. The van der Waals surface area contributed by atoms with Crippen LogP contribution in [0.3, 0.4) is 0 Å². The molecule has 0 bridgehead atoms. The zero-order chi connectivity index (χ0) is 15.1. The van der Waals surface area contributed by atoms with E-state index in [1.165, 1.54) is 11.8 Å². The van der Waals surface area contributed by atoms with Crippen LogP contribution in [0, 0.1) is 5.82 Å². The van der Waals surface area contributed by atoms with Crippen molar-refractivity contribution in [3.05, 3.63) is 66.0 Å². The monoisotopic (exact) mass is 286 g/mol. The van der Waals surface area contributed by atoms with Crippen LogP contribution in [0.4, 0.5) is 10.1 Å². The molecular weight excluding hydrogens is 263 g/mol. The summed E-state index contributed by atoms with van der Waals surface area (Å²) in [5, 5.41) is 3.38. The number of hydrogen-bond acceptors (Lipinski definition) is 2. The van der Waals surface area contributed by atoms with Crippen molar-refractivity contribution in [3.63, 3.8) is 0 Å². The van der Waals surface area contributed by atoms with Gasteiger partial charge in [0.25, 0.3) is 0 Å². The van der Waals surface area contributed by atoms with Gasteiger partial charge in [-0.1, -0.05) is 36.4 Å². The molecule has 3 heteroatoms. The quantitative estimate of drug-likeness (QED) is 0.774. The van der Waals surface area contributed by atoms with E-state index in [0.29, 0.717) is 0 Å². The van der Waals surface area contributed by atoms with Crippen LogP contribution >= 0.6 is 0 Å². The van der Waals surface area contributed by atoms with Crippen molar-refractivity contribution in [2.75, 3.05) is 25.0 Å². The average Bonchev–Trinajstić information content (AvgIpc) is 2.52. The molecule has 0 aromatic heterocycles. The highest BCUT2D eigenvalue weighted by atomic mass is 19.1. The van der Waals surface area contributed by atoms with Crippen LogP contribution < -0.4 is 10.2 Å². The molecule has 2 nitrogen and oxygen atoms in total. The summed E-state index contributed by atoms with van der Waals surface area (Å²) >= 11 is 0. The molecule has 1 atom stereocenters. The minimum absolute atomic E-state index is 0.0354. The lowest BCUT2D eigenvalue weighted by atomic mass is 10.1. The van der Waals surface area contributed by atoms with E-state index in [-0.39, 0.29) is 11.9 Å². The van der Waals surface area contributed by atoms with Gasteiger partial charge in [0.15, 0.2) is 0 Å². The molecule has 1 unspecified atom stereocenters. The third kappa shape index (κ3) is 4.57. The summed E-state index contributed by atoms with van der Waals surface area (Å²) in [4.78, 5) is 2.23. The number of para-hydroxylation sites is 1. The molecule has 0 heterocycles. The summed E-state index contributed by atoms with van der Waals surface area (Å²) in [6.45, 7) is 3.84. The maximum absolute atomic E-state index is 13.7. The molecule has 0 saturated carbocycles. The van der Waals surface area contributed by atoms with Crippen molar-refractivity contribution >= 4 is 5.69 Å². The summed E-state index contributed by atoms with van der Waals surface area (Å²) in [6.07, 6.45) is 1.02. The Labute approximate surface area is 126 Å². The minimum atomic E-state index is -0.140. The lowest BCUT2D eigenvalue weighted by Gasteiger charge is -2.20. The first-order valence-electron chi connectivity index (χ1n) is 7.42. The molecule has 1 N–H and O–H groups in total. The number of nitrogens with one attached hydrogen (secondary N) is 1. The molecule has 0 radical (unpaired) electrons. The molecule has 0 aliphatic heterocycles. The van der Waals surface area contributed by atoms with Gasteiger partial charge in [0, 0.05) is 30.9 Å². The topological polar surface area (TPSA) is 15.3 Å². The van der Waals surface area contributed by atoms with Gasteiger partial charge in [-0.2, -0.15) is 0 Å². The molecule has 0 aliphatic carbocycles. The second-order valence-corrected chi connectivity index (χ2v) is 5.31. The summed E-state index contributed by atoms with van der Waals surface area (Å²) < 4.78 is 13.7. The van der Waals surface area contributed by atoms with Crippen LogP contribution in [0.2, 0.25) is 0 Å². The van der Waals surface area contributed by atoms with E-state index >= 15 is 0 Å². The Balaban J connectivity index is 1.74. The highest BCUT2D eigenvalue weighted by Crippen LogP contribution is 2.16. The number of halogens is 1. The fourth-order valence-electron chi connectivity index (χ4n) is 2.38. The van der Waals surface area contributed by atoms with Crippen molar-refractivity contribution in [1.29, 1.82) is 0 Å². The Morgan fingerprint density at radius 2 is 1.71 bits per heavy atom. The zero-order valence-electron chi connectivity index (χ0n) is 12.7. The first-order chi connectivity index (χ1) is 10.2. The zero-order valence-corrected chi connectivity index (χ0v) is 12.7. The van der Waals surface area contributed by atoms with E-state index < -0.39 is 0 Å². The summed E-state index contributed by atoms with van der Waals surface area (Å²) in [5.41, 5.74) is 1.95. The van der Waals surface area contributed by atoms with Crippen LogP contribution in [0.5, 0.6) is 0 Å². The molecule has 112 valence electrons. The fourth-order valence-corrected chi connectivity index (χ4v) is 2.38. The Hall–Kier alpha value is -1.87. The summed E-state index contributed by atoms with van der Waals surface area (Å²) in [5.74, 6) is -0.140. The molecule has 0 amide bonds. The number of benzene rings is 2. The molecule has 21 heavy (non-hydrogen) atoms. The van der Waals surface area contributed by atoms with Crippen LogP contribution in [0.15, 0.2) is 54.6 Å². The normalized spacial score (nSPS) is 12.1. The average molecular weight is 286 g/mol. The third-order valence-corrected chi connectivity index (χ3v) is 3.69. The van der Waals surface area contributed by atoms with E-state index in [1.807, 2.05) is 37.3 Å². The van der Waals surface area contributed by atoms with Gasteiger partial charge in [-0.3, -0.25) is 0 Å². The minimum Gasteiger partial charge on any atom is -0.375 e. The molecule has 2 aromatic carbocycles. The van der Waals surface area contributed by atoms with Gasteiger partial charge in [-0.25, -0.2) is 4.39 Å². The largest absolute Gasteiger partial charge is 0.375 e.